The van der Waals surface area contributed by atoms with E-state index >= 15 is 0 Å². The van der Waals surface area contributed by atoms with Crippen LogP contribution in [0.5, 0.6) is 5.75 Å². The minimum Gasteiger partial charge on any atom is -0.497 e. The molecule has 1 aliphatic rings. The minimum absolute atomic E-state index is 0.00787. The molecule has 0 spiro atoms. The Kier molecular flexibility index (Phi) is 6.09. The molecule has 1 saturated heterocycles. The van der Waals surface area contributed by atoms with Crippen molar-refractivity contribution in [3.8, 4) is 5.75 Å². The first-order valence-corrected chi connectivity index (χ1v) is 8.95. The number of nitrogens with zero attached hydrogens (tertiary/aromatic N) is 2. The van der Waals surface area contributed by atoms with Crippen LogP contribution in [0.1, 0.15) is 39.2 Å². The molecule has 1 heterocycles. The molecule has 5 heteroatoms. The lowest BCUT2D eigenvalue weighted by Crippen LogP contribution is -2.40. The van der Waals surface area contributed by atoms with Crippen molar-refractivity contribution < 1.29 is 14.3 Å². The summed E-state index contributed by atoms with van der Waals surface area (Å²) in [5.41, 5.74) is 1.05. The molecule has 1 aromatic carbocycles. The largest absolute Gasteiger partial charge is 0.497 e. The zero-order valence-electron chi connectivity index (χ0n) is 16.2. The highest BCUT2D eigenvalue weighted by molar-refractivity contribution is 5.84. The summed E-state index contributed by atoms with van der Waals surface area (Å²) in [4.78, 5) is 29.1. The molecule has 138 valence electrons. The summed E-state index contributed by atoms with van der Waals surface area (Å²) in [6, 6.07) is 7.96. The highest BCUT2D eigenvalue weighted by Crippen LogP contribution is 2.36. The Labute approximate surface area is 150 Å². The summed E-state index contributed by atoms with van der Waals surface area (Å²) < 4.78 is 5.33. The molecular formula is C20H30N2O3. The maximum absolute atomic E-state index is 13.0. The smallest absolute Gasteiger partial charge is 0.228 e. The molecule has 5 nitrogen and oxygen atoms in total. The summed E-state index contributed by atoms with van der Waals surface area (Å²) >= 11 is 0. The predicted molar refractivity (Wildman–Crippen MR) is 98.5 cm³/mol. The van der Waals surface area contributed by atoms with Gasteiger partial charge in [-0.3, -0.25) is 9.59 Å². The van der Waals surface area contributed by atoms with Crippen LogP contribution >= 0.6 is 0 Å². The Morgan fingerprint density at radius 3 is 2.44 bits per heavy atom. The van der Waals surface area contributed by atoms with E-state index in [1.165, 1.54) is 0 Å². The Morgan fingerprint density at radius 1 is 1.20 bits per heavy atom. The SMILES string of the molecule is COc1cccc(C2CN(C(=O)C(C)C)CC2C(=O)N(C)C(C)C)c1. The van der Waals surface area contributed by atoms with Crippen LogP contribution in [0.3, 0.4) is 0 Å². The summed E-state index contributed by atoms with van der Waals surface area (Å²) in [5, 5.41) is 0. The van der Waals surface area contributed by atoms with Crippen LogP contribution in [0.15, 0.2) is 24.3 Å². The van der Waals surface area contributed by atoms with Gasteiger partial charge in [-0.25, -0.2) is 0 Å². The van der Waals surface area contributed by atoms with Crippen molar-refractivity contribution >= 4 is 11.8 Å². The average molecular weight is 346 g/mol. The van der Waals surface area contributed by atoms with Crippen molar-refractivity contribution in [3.05, 3.63) is 29.8 Å². The highest BCUT2D eigenvalue weighted by atomic mass is 16.5. The van der Waals surface area contributed by atoms with Gasteiger partial charge in [0.15, 0.2) is 0 Å². The van der Waals surface area contributed by atoms with Gasteiger partial charge in [-0.2, -0.15) is 0 Å². The fourth-order valence-corrected chi connectivity index (χ4v) is 3.33. The molecular weight excluding hydrogens is 316 g/mol. The molecule has 0 N–H and O–H groups in total. The molecule has 0 aliphatic carbocycles. The number of ether oxygens (including phenoxy) is 1. The molecule has 0 bridgehead atoms. The molecule has 2 rings (SSSR count). The second-order valence-corrected chi connectivity index (χ2v) is 7.43. The van der Waals surface area contributed by atoms with E-state index in [2.05, 4.69) is 0 Å². The second-order valence-electron chi connectivity index (χ2n) is 7.43. The highest BCUT2D eigenvalue weighted by Gasteiger charge is 2.42. The normalized spacial score (nSPS) is 20.2. The molecule has 25 heavy (non-hydrogen) atoms. The van der Waals surface area contributed by atoms with Crippen LogP contribution in [0.4, 0.5) is 0 Å². The Hall–Kier alpha value is -2.04. The molecule has 2 atom stereocenters. The third kappa shape index (κ3) is 4.14. The van der Waals surface area contributed by atoms with E-state index in [0.717, 1.165) is 11.3 Å². The van der Waals surface area contributed by atoms with E-state index in [1.807, 2.05) is 63.9 Å². The third-order valence-electron chi connectivity index (χ3n) is 5.09. The number of rotatable bonds is 5. The van der Waals surface area contributed by atoms with Gasteiger partial charge < -0.3 is 14.5 Å². The molecule has 2 unspecified atom stereocenters. The third-order valence-corrected chi connectivity index (χ3v) is 5.09. The van der Waals surface area contributed by atoms with E-state index in [-0.39, 0.29) is 35.6 Å². The van der Waals surface area contributed by atoms with Crippen LogP contribution in [0.2, 0.25) is 0 Å². The topological polar surface area (TPSA) is 49.9 Å². The average Bonchev–Trinajstić information content (AvgIpc) is 3.04. The first-order chi connectivity index (χ1) is 11.8. The van der Waals surface area contributed by atoms with Crippen molar-refractivity contribution in [3.63, 3.8) is 0 Å². The number of carbonyl (C=O) groups excluding carboxylic acids is 2. The number of benzene rings is 1. The van der Waals surface area contributed by atoms with Crippen molar-refractivity contribution in [1.82, 2.24) is 9.80 Å². The van der Waals surface area contributed by atoms with Gasteiger partial charge in [0.05, 0.1) is 13.0 Å². The van der Waals surface area contributed by atoms with Crippen molar-refractivity contribution in [2.45, 2.75) is 39.7 Å². The molecule has 0 saturated carbocycles. The first kappa shape index (κ1) is 19.3. The van der Waals surface area contributed by atoms with Crippen molar-refractivity contribution in [2.24, 2.45) is 11.8 Å². The lowest BCUT2D eigenvalue weighted by atomic mass is 9.87. The van der Waals surface area contributed by atoms with E-state index in [1.54, 1.807) is 12.0 Å². The number of amides is 2. The fourth-order valence-electron chi connectivity index (χ4n) is 3.33. The fraction of sp³-hybridized carbons (Fsp3) is 0.600. The van der Waals surface area contributed by atoms with Gasteiger partial charge in [0.2, 0.25) is 11.8 Å². The minimum atomic E-state index is -0.220. The van der Waals surface area contributed by atoms with Gasteiger partial charge in [0.25, 0.3) is 0 Å². The number of likely N-dealkylation sites (tertiary alicyclic amines) is 1. The summed E-state index contributed by atoms with van der Waals surface area (Å²) in [7, 11) is 3.47. The van der Waals surface area contributed by atoms with Gasteiger partial charge in [0.1, 0.15) is 5.75 Å². The van der Waals surface area contributed by atoms with E-state index in [4.69, 9.17) is 4.74 Å². The summed E-state index contributed by atoms with van der Waals surface area (Å²) in [6.45, 7) is 8.87. The number of hydrogen-bond acceptors (Lipinski definition) is 3. The summed E-state index contributed by atoms with van der Waals surface area (Å²) in [6.07, 6.45) is 0. The maximum atomic E-state index is 13.0. The van der Waals surface area contributed by atoms with Crippen LogP contribution in [0, 0.1) is 11.8 Å². The van der Waals surface area contributed by atoms with Crippen molar-refractivity contribution in [2.75, 3.05) is 27.2 Å². The van der Waals surface area contributed by atoms with Gasteiger partial charge in [-0.1, -0.05) is 26.0 Å². The standard InChI is InChI=1S/C20H30N2O3/c1-13(2)19(23)22-11-17(15-8-7-9-16(10-15)25-6)18(12-22)20(24)21(5)14(3)4/h7-10,13-14,17-18H,11-12H2,1-6H3. The number of carbonyl (C=O) groups is 2. The second kappa shape index (κ2) is 7.89. The predicted octanol–water partition coefficient (Wildman–Crippen LogP) is 2.76. The number of hydrogen-bond donors (Lipinski definition) is 0. The molecule has 1 fully saturated rings. The van der Waals surface area contributed by atoms with Gasteiger partial charge >= 0.3 is 0 Å². The van der Waals surface area contributed by atoms with Gasteiger partial charge in [-0.15, -0.1) is 0 Å². The molecule has 2 amide bonds. The Morgan fingerprint density at radius 2 is 1.88 bits per heavy atom. The first-order valence-electron chi connectivity index (χ1n) is 8.95. The molecule has 1 aromatic rings. The van der Waals surface area contributed by atoms with Gasteiger partial charge in [-0.05, 0) is 31.5 Å². The van der Waals surface area contributed by atoms with Crippen LogP contribution in [0.25, 0.3) is 0 Å². The molecule has 1 aliphatic heterocycles. The van der Waals surface area contributed by atoms with Gasteiger partial charge in [0, 0.05) is 38.0 Å². The van der Waals surface area contributed by atoms with Crippen molar-refractivity contribution in [1.29, 1.82) is 0 Å². The number of methoxy groups -OCH3 is 1. The lowest BCUT2D eigenvalue weighted by Gasteiger charge is -2.27. The lowest BCUT2D eigenvalue weighted by molar-refractivity contribution is -0.136. The van der Waals surface area contributed by atoms with E-state index in [0.29, 0.717) is 13.1 Å². The quantitative estimate of drug-likeness (QED) is 0.824. The zero-order chi connectivity index (χ0) is 18.7. The van der Waals surface area contributed by atoms with Crippen LogP contribution < -0.4 is 4.74 Å². The van der Waals surface area contributed by atoms with Crippen LogP contribution in [-0.4, -0.2) is 54.9 Å². The molecule has 0 radical (unpaired) electrons. The Bertz CT molecular complexity index is 627. The summed E-state index contributed by atoms with van der Waals surface area (Å²) in [5.74, 6) is 0.683. The zero-order valence-corrected chi connectivity index (χ0v) is 16.2. The van der Waals surface area contributed by atoms with E-state index < -0.39 is 0 Å². The monoisotopic (exact) mass is 346 g/mol. The maximum Gasteiger partial charge on any atom is 0.228 e. The Balaban J connectivity index is 2.34. The molecule has 0 aromatic heterocycles. The van der Waals surface area contributed by atoms with E-state index in [9.17, 15) is 9.59 Å². The van der Waals surface area contributed by atoms with Crippen LogP contribution in [-0.2, 0) is 9.59 Å².